The number of carbonyl (C=O) groups excluding carboxylic acids is 1. The van der Waals surface area contributed by atoms with Crippen molar-refractivity contribution in [2.45, 2.75) is 38.6 Å². The highest BCUT2D eigenvalue weighted by molar-refractivity contribution is 7.92. The highest BCUT2D eigenvalue weighted by atomic mass is 32.2. The van der Waals surface area contributed by atoms with Crippen LogP contribution in [-0.4, -0.2) is 51.7 Å². The van der Waals surface area contributed by atoms with Crippen molar-refractivity contribution in [2.75, 3.05) is 36.7 Å². The summed E-state index contributed by atoms with van der Waals surface area (Å²) in [6.45, 7) is 4.00. The van der Waals surface area contributed by atoms with E-state index in [1.807, 2.05) is 30.3 Å². The third-order valence-electron chi connectivity index (χ3n) is 5.62. The van der Waals surface area contributed by atoms with Gasteiger partial charge in [-0.15, -0.1) is 0 Å². The molecule has 0 unspecified atom stereocenters. The molecule has 0 aliphatic carbocycles. The fraction of sp³-hybridized carbons (Fsp3) is 0.458. The van der Waals surface area contributed by atoms with Gasteiger partial charge in [0.2, 0.25) is 10.0 Å². The van der Waals surface area contributed by atoms with Gasteiger partial charge in [0.1, 0.15) is 0 Å². The van der Waals surface area contributed by atoms with Gasteiger partial charge in [0.15, 0.2) is 0 Å². The summed E-state index contributed by atoms with van der Waals surface area (Å²) in [5.41, 5.74) is 1.64. The third kappa shape index (κ3) is 7.08. The first-order valence-corrected chi connectivity index (χ1v) is 12.9. The van der Waals surface area contributed by atoms with E-state index in [2.05, 4.69) is 10.2 Å². The number of hydrogen-bond acceptors (Lipinski definition) is 4. The molecule has 3 rings (SSSR count). The topological polar surface area (TPSA) is 69.7 Å². The second-order valence-corrected chi connectivity index (χ2v) is 10.0. The van der Waals surface area contributed by atoms with Crippen molar-refractivity contribution >= 4 is 21.6 Å². The average Bonchev–Trinajstić information content (AvgIpc) is 3.04. The van der Waals surface area contributed by atoms with Crippen LogP contribution in [0.15, 0.2) is 54.6 Å². The molecule has 1 fully saturated rings. The molecule has 0 spiro atoms. The second kappa shape index (κ2) is 11.3. The molecule has 2 aromatic rings. The Morgan fingerprint density at radius 3 is 2.29 bits per heavy atom. The number of nitrogens with zero attached hydrogens (tertiary/aromatic N) is 2. The molecule has 0 saturated carbocycles. The largest absolute Gasteiger partial charge is 0.352 e. The molecule has 1 saturated heterocycles. The molecular formula is C24H33N3O3S. The molecule has 0 atom stereocenters. The molecule has 0 bridgehead atoms. The van der Waals surface area contributed by atoms with Crippen LogP contribution in [0, 0.1) is 0 Å². The van der Waals surface area contributed by atoms with E-state index in [9.17, 15) is 13.2 Å². The minimum Gasteiger partial charge on any atom is -0.352 e. The van der Waals surface area contributed by atoms with Gasteiger partial charge >= 0.3 is 0 Å². The number of likely N-dealkylation sites (tertiary alicyclic amines) is 1. The second-order valence-electron chi connectivity index (χ2n) is 8.14. The predicted octanol–water partition coefficient (Wildman–Crippen LogP) is 3.65. The molecular weight excluding hydrogens is 410 g/mol. The Morgan fingerprint density at radius 2 is 1.61 bits per heavy atom. The van der Waals surface area contributed by atoms with Gasteiger partial charge in [0, 0.05) is 6.54 Å². The number of para-hydroxylation sites is 1. The van der Waals surface area contributed by atoms with Crippen molar-refractivity contribution in [1.82, 2.24) is 10.2 Å². The van der Waals surface area contributed by atoms with Crippen LogP contribution in [0.5, 0.6) is 0 Å². The summed E-state index contributed by atoms with van der Waals surface area (Å²) in [4.78, 5) is 15.4. The zero-order valence-corrected chi connectivity index (χ0v) is 19.1. The van der Waals surface area contributed by atoms with E-state index in [-0.39, 0.29) is 12.5 Å². The van der Waals surface area contributed by atoms with E-state index in [1.165, 1.54) is 36.2 Å². The summed E-state index contributed by atoms with van der Waals surface area (Å²) >= 11 is 0. The smallest absolute Gasteiger partial charge is 0.253 e. The lowest BCUT2D eigenvalue weighted by atomic mass is 10.1. The zero-order chi connectivity index (χ0) is 22.1. The first kappa shape index (κ1) is 23.3. The van der Waals surface area contributed by atoms with Gasteiger partial charge in [-0.25, -0.2) is 8.42 Å². The van der Waals surface area contributed by atoms with Gasteiger partial charge in [-0.3, -0.25) is 9.10 Å². The van der Waals surface area contributed by atoms with E-state index in [0.29, 0.717) is 17.8 Å². The van der Waals surface area contributed by atoms with Crippen LogP contribution in [0.3, 0.4) is 0 Å². The zero-order valence-electron chi connectivity index (χ0n) is 18.3. The van der Waals surface area contributed by atoms with Crippen LogP contribution in [0.2, 0.25) is 0 Å². The van der Waals surface area contributed by atoms with E-state index in [1.54, 1.807) is 24.3 Å². The normalized spacial score (nSPS) is 15.3. The SMILES string of the molecule is CS(=O)(=O)N(Cc1ccccc1)c1ccccc1C(=O)NCCCN1CCCCCC1. The summed E-state index contributed by atoms with van der Waals surface area (Å²) in [7, 11) is -3.57. The van der Waals surface area contributed by atoms with Crippen LogP contribution in [0.25, 0.3) is 0 Å². The number of carbonyl (C=O) groups is 1. The minimum atomic E-state index is -3.57. The first-order chi connectivity index (χ1) is 14.9. The van der Waals surface area contributed by atoms with Gasteiger partial charge in [-0.05, 0) is 56.6 Å². The van der Waals surface area contributed by atoms with Crippen molar-refractivity contribution in [3.8, 4) is 0 Å². The summed E-state index contributed by atoms with van der Waals surface area (Å²) < 4.78 is 26.4. The Kier molecular flexibility index (Phi) is 8.49. The van der Waals surface area contributed by atoms with Crippen molar-refractivity contribution < 1.29 is 13.2 Å². The standard InChI is InChI=1S/C24H33N3O3S/c1-31(29,30)27(20-21-12-5-4-6-13-21)23-15-8-7-14-22(23)24(28)25-16-11-19-26-17-9-2-3-10-18-26/h4-8,12-15H,2-3,9-11,16-20H2,1H3,(H,25,28). The van der Waals surface area contributed by atoms with Crippen LogP contribution in [-0.2, 0) is 16.6 Å². The van der Waals surface area contributed by atoms with Crippen LogP contribution >= 0.6 is 0 Å². The molecule has 31 heavy (non-hydrogen) atoms. The average molecular weight is 444 g/mol. The van der Waals surface area contributed by atoms with E-state index in [0.717, 1.165) is 31.6 Å². The Bertz CT molecular complexity index is 940. The molecule has 1 N–H and O–H groups in total. The molecule has 1 aliphatic heterocycles. The van der Waals surface area contributed by atoms with E-state index < -0.39 is 10.0 Å². The first-order valence-electron chi connectivity index (χ1n) is 11.1. The van der Waals surface area contributed by atoms with Crippen molar-refractivity contribution in [2.24, 2.45) is 0 Å². The van der Waals surface area contributed by atoms with Gasteiger partial charge < -0.3 is 10.2 Å². The molecule has 2 aromatic carbocycles. The Labute approximate surface area is 186 Å². The van der Waals surface area contributed by atoms with E-state index >= 15 is 0 Å². The number of sulfonamides is 1. The summed E-state index contributed by atoms with van der Waals surface area (Å²) in [5, 5.41) is 2.98. The van der Waals surface area contributed by atoms with Gasteiger partial charge in [-0.2, -0.15) is 0 Å². The number of anilines is 1. The molecule has 0 radical (unpaired) electrons. The van der Waals surface area contributed by atoms with Crippen LogP contribution in [0.1, 0.15) is 48.0 Å². The Balaban J connectivity index is 1.66. The number of nitrogens with one attached hydrogen (secondary N) is 1. The van der Waals surface area contributed by atoms with Gasteiger partial charge in [0.25, 0.3) is 5.91 Å². The van der Waals surface area contributed by atoms with E-state index in [4.69, 9.17) is 0 Å². The lowest BCUT2D eigenvalue weighted by Crippen LogP contribution is -2.34. The highest BCUT2D eigenvalue weighted by Crippen LogP contribution is 2.25. The van der Waals surface area contributed by atoms with Crippen LogP contribution in [0.4, 0.5) is 5.69 Å². The lowest BCUT2D eigenvalue weighted by molar-refractivity contribution is 0.0952. The number of amides is 1. The van der Waals surface area contributed by atoms with Crippen molar-refractivity contribution in [3.63, 3.8) is 0 Å². The molecule has 0 aromatic heterocycles. The molecule has 1 aliphatic rings. The monoisotopic (exact) mass is 443 g/mol. The maximum absolute atomic E-state index is 12.9. The predicted molar refractivity (Wildman–Crippen MR) is 126 cm³/mol. The van der Waals surface area contributed by atoms with Crippen molar-refractivity contribution in [1.29, 1.82) is 0 Å². The maximum atomic E-state index is 12.9. The molecule has 1 heterocycles. The molecule has 168 valence electrons. The lowest BCUT2D eigenvalue weighted by Gasteiger charge is -2.25. The molecule has 1 amide bonds. The van der Waals surface area contributed by atoms with Gasteiger partial charge in [-0.1, -0.05) is 55.3 Å². The number of hydrogen-bond donors (Lipinski definition) is 1. The number of rotatable bonds is 9. The Hall–Kier alpha value is -2.38. The quantitative estimate of drug-likeness (QED) is 0.601. The summed E-state index contributed by atoms with van der Waals surface area (Å²) in [6, 6.07) is 16.3. The Morgan fingerprint density at radius 1 is 0.968 bits per heavy atom. The van der Waals surface area contributed by atoms with Crippen molar-refractivity contribution in [3.05, 3.63) is 65.7 Å². The fourth-order valence-corrected chi connectivity index (χ4v) is 4.87. The summed E-state index contributed by atoms with van der Waals surface area (Å²) in [6.07, 6.45) is 7.18. The minimum absolute atomic E-state index is 0.179. The van der Waals surface area contributed by atoms with Gasteiger partial charge in [0.05, 0.1) is 24.1 Å². The third-order valence-corrected chi connectivity index (χ3v) is 6.75. The summed E-state index contributed by atoms with van der Waals surface area (Å²) in [5.74, 6) is -0.242. The molecule has 6 nitrogen and oxygen atoms in total. The van der Waals surface area contributed by atoms with Crippen LogP contribution < -0.4 is 9.62 Å². The number of benzene rings is 2. The highest BCUT2D eigenvalue weighted by Gasteiger charge is 2.23. The fourth-order valence-electron chi connectivity index (χ4n) is 3.97. The molecule has 7 heteroatoms. The maximum Gasteiger partial charge on any atom is 0.253 e.